The van der Waals surface area contributed by atoms with Gasteiger partial charge in [-0.1, -0.05) is 18.2 Å². The SMILES string of the molecule is Cc1cc(CC[C@@H]2CN(S(=O)(=O)c3ccccc3)CCO2)ncn1. The summed E-state index contributed by atoms with van der Waals surface area (Å²) in [6.07, 6.45) is 2.91. The lowest BCUT2D eigenvalue weighted by Crippen LogP contribution is -2.45. The van der Waals surface area contributed by atoms with E-state index in [1.807, 2.05) is 19.1 Å². The van der Waals surface area contributed by atoms with Crippen molar-refractivity contribution >= 4 is 10.0 Å². The Morgan fingerprint density at radius 2 is 2.04 bits per heavy atom. The molecule has 1 fully saturated rings. The number of benzene rings is 1. The fourth-order valence-electron chi connectivity index (χ4n) is 2.78. The van der Waals surface area contributed by atoms with Gasteiger partial charge in [0.2, 0.25) is 10.0 Å². The van der Waals surface area contributed by atoms with Crippen LogP contribution in [0.1, 0.15) is 17.8 Å². The van der Waals surface area contributed by atoms with E-state index in [0.717, 1.165) is 24.2 Å². The van der Waals surface area contributed by atoms with Gasteiger partial charge in [-0.2, -0.15) is 4.31 Å². The summed E-state index contributed by atoms with van der Waals surface area (Å²) >= 11 is 0. The Morgan fingerprint density at radius 3 is 2.79 bits per heavy atom. The lowest BCUT2D eigenvalue weighted by molar-refractivity contribution is -0.00538. The summed E-state index contributed by atoms with van der Waals surface area (Å²) < 4.78 is 32.7. The number of rotatable bonds is 5. The Morgan fingerprint density at radius 1 is 1.25 bits per heavy atom. The first kappa shape index (κ1) is 17.0. The van der Waals surface area contributed by atoms with Gasteiger partial charge in [0.1, 0.15) is 6.33 Å². The van der Waals surface area contributed by atoms with Gasteiger partial charge >= 0.3 is 0 Å². The average molecular weight is 347 g/mol. The van der Waals surface area contributed by atoms with E-state index in [9.17, 15) is 8.42 Å². The molecule has 0 radical (unpaired) electrons. The molecule has 1 aliphatic rings. The first-order chi connectivity index (χ1) is 11.6. The lowest BCUT2D eigenvalue weighted by atomic mass is 10.1. The summed E-state index contributed by atoms with van der Waals surface area (Å²) in [4.78, 5) is 8.65. The van der Waals surface area contributed by atoms with E-state index >= 15 is 0 Å². The van der Waals surface area contributed by atoms with E-state index < -0.39 is 10.0 Å². The minimum absolute atomic E-state index is 0.118. The van der Waals surface area contributed by atoms with E-state index in [4.69, 9.17) is 4.74 Å². The number of hydrogen-bond donors (Lipinski definition) is 0. The number of sulfonamides is 1. The summed E-state index contributed by atoms with van der Waals surface area (Å²) in [7, 11) is -3.46. The average Bonchev–Trinajstić information content (AvgIpc) is 2.61. The molecule has 2 heterocycles. The van der Waals surface area contributed by atoms with Crippen LogP contribution in [0.3, 0.4) is 0 Å². The van der Waals surface area contributed by atoms with Crippen LogP contribution in [-0.2, 0) is 21.2 Å². The smallest absolute Gasteiger partial charge is 0.243 e. The molecule has 3 rings (SSSR count). The molecule has 24 heavy (non-hydrogen) atoms. The number of hydrogen-bond acceptors (Lipinski definition) is 5. The first-order valence-electron chi connectivity index (χ1n) is 8.00. The Bertz CT molecular complexity index is 781. The molecule has 1 aliphatic heterocycles. The second-order valence-corrected chi connectivity index (χ2v) is 7.80. The highest BCUT2D eigenvalue weighted by Gasteiger charge is 2.30. The van der Waals surface area contributed by atoms with Crippen LogP contribution in [-0.4, -0.2) is 48.5 Å². The predicted octanol–water partition coefficient (Wildman–Crippen LogP) is 1.81. The second kappa shape index (κ2) is 7.38. The maximum Gasteiger partial charge on any atom is 0.243 e. The van der Waals surface area contributed by atoms with Gasteiger partial charge in [-0.3, -0.25) is 0 Å². The molecule has 7 heteroatoms. The van der Waals surface area contributed by atoms with Crippen molar-refractivity contribution in [2.75, 3.05) is 19.7 Å². The molecule has 1 atom stereocenters. The molecular formula is C17H21N3O3S. The Kier molecular flexibility index (Phi) is 5.23. The molecule has 128 valence electrons. The number of morpholine rings is 1. The third-order valence-electron chi connectivity index (χ3n) is 4.07. The van der Waals surface area contributed by atoms with Crippen molar-refractivity contribution in [2.45, 2.75) is 30.8 Å². The van der Waals surface area contributed by atoms with Crippen molar-refractivity contribution in [3.05, 3.63) is 54.1 Å². The molecule has 1 saturated heterocycles. The number of nitrogens with zero attached hydrogens (tertiary/aromatic N) is 3. The summed E-state index contributed by atoms with van der Waals surface area (Å²) in [6, 6.07) is 10.5. The molecule has 1 aromatic heterocycles. The van der Waals surface area contributed by atoms with Crippen molar-refractivity contribution in [1.29, 1.82) is 0 Å². The summed E-state index contributed by atoms with van der Waals surface area (Å²) in [6.45, 7) is 3.11. The van der Waals surface area contributed by atoms with Crippen LogP contribution < -0.4 is 0 Å². The van der Waals surface area contributed by atoms with Gasteiger partial charge in [0.15, 0.2) is 0 Å². The molecule has 2 aromatic rings. The van der Waals surface area contributed by atoms with E-state index in [1.54, 1.807) is 30.6 Å². The fourth-order valence-corrected chi connectivity index (χ4v) is 4.26. The highest BCUT2D eigenvalue weighted by molar-refractivity contribution is 7.89. The van der Waals surface area contributed by atoms with Crippen LogP contribution in [0.15, 0.2) is 47.6 Å². The van der Waals surface area contributed by atoms with Crippen molar-refractivity contribution < 1.29 is 13.2 Å². The van der Waals surface area contributed by atoms with E-state index in [0.29, 0.717) is 24.6 Å². The van der Waals surface area contributed by atoms with Gasteiger partial charge < -0.3 is 4.74 Å². The predicted molar refractivity (Wildman–Crippen MR) is 90.0 cm³/mol. The van der Waals surface area contributed by atoms with Gasteiger partial charge in [0.05, 0.1) is 17.6 Å². The standard InChI is InChI=1S/C17H21N3O3S/c1-14-11-15(19-13-18-14)7-8-16-12-20(9-10-23-16)24(21,22)17-5-3-2-4-6-17/h2-6,11,13,16H,7-10,12H2,1H3/t16-/m1/s1. The molecule has 0 amide bonds. The molecule has 0 saturated carbocycles. The molecule has 0 unspecified atom stereocenters. The monoisotopic (exact) mass is 347 g/mol. The van der Waals surface area contributed by atoms with Crippen molar-refractivity contribution in [3.63, 3.8) is 0 Å². The molecule has 0 spiro atoms. The van der Waals surface area contributed by atoms with Crippen LogP contribution in [0.25, 0.3) is 0 Å². The van der Waals surface area contributed by atoms with E-state index in [1.165, 1.54) is 4.31 Å². The molecule has 6 nitrogen and oxygen atoms in total. The summed E-state index contributed by atoms with van der Waals surface area (Å²) in [5.41, 5.74) is 1.88. The molecular weight excluding hydrogens is 326 g/mol. The fraction of sp³-hybridized carbons (Fsp3) is 0.412. The minimum atomic E-state index is -3.46. The lowest BCUT2D eigenvalue weighted by Gasteiger charge is -2.32. The van der Waals surface area contributed by atoms with Crippen LogP contribution in [0.4, 0.5) is 0 Å². The van der Waals surface area contributed by atoms with Crippen LogP contribution in [0.2, 0.25) is 0 Å². The normalized spacial score (nSPS) is 19.3. The van der Waals surface area contributed by atoms with Gasteiger partial charge in [-0.25, -0.2) is 18.4 Å². The van der Waals surface area contributed by atoms with Crippen molar-refractivity contribution in [1.82, 2.24) is 14.3 Å². The summed E-state index contributed by atoms with van der Waals surface area (Å²) in [5, 5.41) is 0. The van der Waals surface area contributed by atoms with Gasteiger partial charge in [-0.05, 0) is 38.0 Å². The van der Waals surface area contributed by atoms with Gasteiger partial charge in [0.25, 0.3) is 0 Å². The van der Waals surface area contributed by atoms with Crippen LogP contribution in [0.5, 0.6) is 0 Å². The first-order valence-corrected chi connectivity index (χ1v) is 9.44. The Labute approximate surface area is 142 Å². The zero-order valence-corrected chi connectivity index (χ0v) is 14.4. The third kappa shape index (κ3) is 3.98. The second-order valence-electron chi connectivity index (χ2n) is 5.86. The maximum atomic E-state index is 12.7. The maximum absolute atomic E-state index is 12.7. The largest absolute Gasteiger partial charge is 0.375 e. The topological polar surface area (TPSA) is 72.4 Å². The molecule has 0 bridgehead atoms. The number of aromatic nitrogens is 2. The van der Waals surface area contributed by atoms with Crippen LogP contribution in [0, 0.1) is 6.92 Å². The molecule has 1 aromatic carbocycles. The molecule has 0 aliphatic carbocycles. The van der Waals surface area contributed by atoms with Crippen molar-refractivity contribution in [2.24, 2.45) is 0 Å². The van der Waals surface area contributed by atoms with Gasteiger partial charge in [-0.15, -0.1) is 0 Å². The highest BCUT2D eigenvalue weighted by Crippen LogP contribution is 2.20. The zero-order valence-electron chi connectivity index (χ0n) is 13.6. The van der Waals surface area contributed by atoms with Crippen LogP contribution >= 0.6 is 0 Å². The van der Waals surface area contributed by atoms with E-state index in [2.05, 4.69) is 9.97 Å². The minimum Gasteiger partial charge on any atom is -0.375 e. The van der Waals surface area contributed by atoms with Crippen molar-refractivity contribution in [3.8, 4) is 0 Å². The number of aryl methyl sites for hydroxylation is 2. The highest BCUT2D eigenvalue weighted by atomic mass is 32.2. The summed E-state index contributed by atoms with van der Waals surface area (Å²) in [5.74, 6) is 0. The van der Waals surface area contributed by atoms with E-state index in [-0.39, 0.29) is 6.10 Å². The Hall–Kier alpha value is -1.83. The quantitative estimate of drug-likeness (QED) is 0.825. The Balaban J connectivity index is 1.64. The van der Waals surface area contributed by atoms with Gasteiger partial charge in [0, 0.05) is 24.5 Å². The number of ether oxygens (including phenoxy) is 1. The third-order valence-corrected chi connectivity index (χ3v) is 5.94. The molecule has 0 N–H and O–H groups in total. The zero-order chi connectivity index (χ0) is 17.0.